The summed E-state index contributed by atoms with van der Waals surface area (Å²) < 4.78 is 0. The van der Waals surface area contributed by atoms with Crippen molar-refractivity contribution in [2.75, 3.05) is 11.1 Å². The number of hydrogen-bond donors (Lipinski definition) is 2. The van der Waals surface area contributed by atoms with Gasteiger partial charge in [0.1, 0.15) is 0 Å². The zero-order valence-electron chi connectivity index (χ0n) is 20.2. The van der Waals surface area contributed by atoms with Crippen LogP contribution in [0.15, 0.2) is 60.8 Å². The van der Waals surface area contributed by atoms with Gasteiger partial charge in [-0.25, -0.2) is 9.97 Å². The number of hydrogen-bond acceptors (Lipinski definition) is 4. The Balaban J connectivity index is 1.26. The van der Waals surface area contributed by atoms with E-state index in [0.717, 1.165) is 46.8 Å². The lowest BCUT2D eigenvalue weighted by molar-refractivity contribution is -0.116. The Kier molecular flexibility index (Phi) is 5.79. The molecular weight excluding hydrogens is 432 g/mol. The maximum absolute atomic E-state index is 12.9. The van der Waals surface area contributed by atoms with Crippen molar-refractivity contribution in [1.82, 2.24) is 9.97 Å². The molecule has 0 atom stereocenters. The van der Waals surface area contributed by atoms with E-state index in [1.54, 1.807) is 6.20 Å². The van der Waals surface area contributed by atoms with Gasteiger partial charge in [-0.15, -0.1) is 0 Å². The molecule has 180 valence electrons. The van der Waals surface area contributed by atoms with Gasteiger partial charge >= 0.3 is 0 Å². The highest BCUT2D eigenvalue weighted by Crippen LogP contribution is 2.61. The molecule has 4 aliphatic carbocycles. The number of aryl methyl sites for hydroxylation is 1. The second-order valence-corrected chi connectivity index (χ2v) is 11.3. The number of carbonyl (C=O) groups is 1. The molecule has 5 heteroatoms. The number of carbonyl (C=O) groups excluding carboxylic acids is 1. The summed E-state index contributed by atoms with van der Waals surface area (Å²) >= 11 is 0. The van der Waals surface area contributed by atoms with E-state index in [-0.39, 0.29) is 5.91 Å². The molecule has 0 spiro atoms. The number of anilines is 2. The molecule has 5 nitrogen and oxygen atoms in total. The fourth-order valence-electron chi connectivity index (χ4n) is 7.41. The van der Waals surface area contributed by atoms with Gasteiger partial charge in [0.2, 0.25) is 5.91 Å². The normalized spacial score (nSPS) is 26.6. The van der Waals surface area contributed by atoms with Gasteiger partial charge in [0.25, 0.3) is 0 Å². The van der Waals surface area contributed by atoms with Crippen LogP contribution in [0.4, 0.5) is 11.5 Å². The zero-order valence-corrected chi connectivity index (χ0v) is 20.2. The molecule has 4 bridgehead atoms. The number of aromatic nitrogens is 2. The maximum Gasteiger partial charge on any atom is 0.225 e. The predicted molar refractivity (Wildman–Crippen MR) is 140 cm³/mol. The van der Waals surface area contributed by atoms with Crippen molar-refractivity contribution in [3.63, 3.8) is 0 Å². The molecule has 0 unspecified atom stereocenters. The summed E-state index contributed by atoms with van der Waals surface area (Å²) in [6.45, 7) is 0. The minimum absolute atomic E-state index is 0.00449. The van der Waals surface area contributed by atoms with Gasteiger partial charge in [0.15, 0.2) is 5.82 Å². The summed E-state index contributed by atoms with van der Waals surface area (Å²) in [5.41, 5.74) is 10.9. The summed E-state index contributed by atoms with van der Waals surface area (Å²) in [4.78, 5) is 22.7. The van der Waals surface area contributed by atoms with Crippen LogP contribution in [0.1, 0.15) is 56.2 Å². The van der Waals surface area contributed by atoms with Gasteiger partial charge in [-0.2, -0.15) is 0 Å². The van der Waals surface area contributed by atoms with Crippen LogP contribution in [0.25, 0.3) is 11.3 Å². The van der Waals surface area contributed by atoms with Crippen LogP contribution in [0.5, 0.6) is 0 Å². The standard InChI is InChI=1S/C30H34N4O/c31-25-9-7-24(8-10-25)27-19-32-29(34-28(35)11-6-20-4-2-1-3-5-20)26(33-27)18-30-15-21-12-22(16-30)14-23(13-21)17-30/h1-5,7-10,19,21-23H,6,11-18,31H2,(H,32,34,35). The Morgan fingerprint density at radius 2 is 1.60 bits per heavy atom. The first-order valence-corrected chi connectivity index (χ1v) is 13.1. The molecule has 2 aromatic carbocycles. The lowest BCUT2D eigenvalue weighted by atomic mass is 9.48. The van der Waals surface area contributed by atoms with Crippen LogP contribution in [0, 0.1) is 23.2 Å². The van der Waals surface area contributed by atoms with E-state index in [2.05, 4.69) is 17.4 Å². The molecule has 4 fully saturated rings. The summed E-state index contributed by atoms with van der Waals surface area (Å²) in [5, 5.41) is 3.12. The molecule has 0 radical (unpaired) electrons. The third-order valence-corrected chi connectivity index (χ3v) is 8.50. The molecule has 1 amide bonds. The van der Waals surface area contributed by atoms with Crippen LogP contribution in [0.2, 0.25) is 0 Å². The van der Waals surface area contributed by atoms with Crippen LogP contribution in [-0.2, 0) is 17.6 Å². The molecule has 3 aromatic rings. The third kappa shape index (κ3) is 4.82. The molecule has 4 aliphatic rings. The second-order valence-electron chi connectivity index (χ2n) is 11.3. The average Bonchev–Trinajstić information content (AvgIpc) is 2.84. The monoisotopic (exact) mass is 466 g/mol. The number of nitrogen functional groups attached to an aromatic ring is 1. The van der Waals surface area contributed by atoms with Crippen molar-refractivity contribution in [2.45, 2.75) is 57.8 Å². The highest BCUT2D eigenvalue weighted by atomic mass is 16.1. The Labute approximate surface area is 207 Å². The van der Waals surface area contributed by atoms with Crippen LogP contribution >= 0.6 is 0 Å². The number of rotatable bonds is 7. The van der Waals surface area contributed by atoms with Gasteiger partial charge in [-0.3, -0.25) is 4.79 Å². The van der Waals surface area contributed by atoms with Crippen molar-refractivity contribution in [3.05, 3.63) is 72.1 Å². The lowest BCUT2D eigenvalue weighted by Crippen LogP contribution is -2.47. The topological polar surface area (TPSA) is 80.9 Å². The van der Waals surface area contributed by atoms with Crippen molar-refractivity contribution in [1.29, 1.82) is 0 Å². The molecule has 7 rings (SSSR count). The van der Waals surface area contributed by atoms with Crippen molar-refractivity contribution >= 4 is 17.4 Å². The molecule has 1 aromatic heterocycles. The Morgan fingerprint density at radius 3 is 2.26 bits per heavy atom. The van der Waals surface area contributed by atoms with Gasteiger partial charge in [0, 0.05) is 17.7 Å². The number of nitrogens with two attached hydrogens (primary N) is 1. The molecule has 4 saturated carbocycles. The molecular formula is C30H34N4O. The van der Waals surface area contributed by atoms with Gasteiger partial charge in [0.05, 0.1) is 17.6 Å². The Hall–Kier alpha value is -3.21. The van der Waals surface area contributed by atoms with Crippen molar-refractivity contribution in [3.8, 4) is 11.3 Å². The maximum atomic E-state index is 12.9. The Morgan fingerprint density at radius 1 is 0.943 bits per heavy atom. The van der Waals surface area contributed by atoms with E-state index in [9.17, 15) is 4.79 Å². The molecule has 35 heavy (non-hydrogen) atoms. The van der Waals surface area contributed by atoms with E-state index >= 15 is 0 Å². The zero-order chi connectivity index (χ0) is 23.8. The van der Waals surface area contributed by atoms with Crippen LogP contribution in [-0.4, -0.2) is 15.9 Å². The van der Waals surface area contributed by atoms with Crippen molar-refractivity contribution < 1.29 is 4.79 Å². The number of amides is 1. The highest BCUT2D eigenvalue weighted by molar-refractivity contribution is 5.90. The van der Waals surface area contributed by atoms with E-state index in [0.29, 0.717) is 24.1 Å². The fraction of sp³-hybridized carbons (Fsp3) is 0.433. The quantitative estimate of drug-likeness (QED) is 0.415. The second kappa shape index (κ2) is 9.10. The van der Waals surface area contributed by atoms with E-state index < -0.39 is 0 Å². The van der Waals surface area contributed by atoms with E-state index in [4.69, 9.17) is 15.7 Å². The van der Waals surface area contributed by atoms with Gasteiger partial charge < -0.3 is 11.1 Å². The first kappa shape index (κ1) is 22.3. The minimum atomic E-state index is -0.00449. The largest absolute Gasteiger partial charge is 0.399 e. The summed E-state index contributed by atoms with van der Waals surface area (Å²) in [6, 6.07) is 17.9. The van der Waals surface area contributed by atoms with Gasteiger partial charge in [-0.05, 0) is 92.2 Å². The minimum Gasteiger partial charge on any atom is -0.399 e. The summed E-state index contributed by atoms with van der Waals surface area (Å²) in [5.74, 6) is 3.25. The highest BCUT2D eigenvalue weighted by Gasteiger charge is 2.51. The van der Waals surface area contributed by atoms with Crippen molar-refractivity contribution in [2.24, 2.45) is 23.2 Å². The molecule has 0 saturated heterocycles. The predicted octanol–water partition coefficient (Wildman–Crippen LogP) is 6.06. The smallest absolute Gasteiger partial charge is 0.225 e. The molecule has 3 N–H and O–H groups in total. The SMILES string of the molecule is Nc1ccc(-c2cnc(NC(=O)CCc3ccccc3)c(CC34CC5CC(CC(C5)C3)C4)n2)cc1. The summed E-state index contributed by atoms with van der Waals surface area (Å²) in [6.07, 6.45) is 12.0. The first-order chi connectivity index (χ1) is 17.0. The van der Waals surface area contributed by atoms with E-state index in [1.165, 1.54) is 44.1 Å². The summed E-state index contributed by atoms with van der Waals surface area (Å²) in [7, 11) is 0. The number of nitrogens with zero attached hydrogens (tertiary/aromatic N) is 2. The number of benzene rings is 2. The number of nitrogens with one attached hydrogen (secondary N) is 1. The molecule has 1 heterocycles. The first-order valence-electron chi connectivity index (χ1n) is 13.1. The van der Waals surface area contributed by atoms with Gasteiger partial charge in [-0.1, -0.05) is 42.5 Å². The van der Waals surface area contributed by atoms with Crippen LogP contribution < -0.4 is 11.1 Å². The Bertz CT molecular complexity index is 1170. The lowest BCUT2D eigenvalue weighted by Gasteiger charge is -2.57. The molecule has 0 aliphatic heterocycles. The third-order valence-electron chi connectivity index (χ3n) is 8.50. The van der Waals surface area contributed by atoms with Crippen LogP contribution in [0.3, 0.4) is 0 Å². The van der Waals surface area contributed by atoms with E-state index in [1.807, 2.05) is 42.5 Å². The average molecular weight is 467 g/mol. The fourth-order valence-corrected chi connectivity index (χ4v) is 7.41.